The molecule has 0 fully saturated rings. The molecule has 0 aromatic carbocycles. The lowest BCUT2D eigenvalue weighted by Gasteiger charge is -2.19. The van der Waals surface area contributed by atoms with Gasteiger partial charge in [-0.15, -0.1) is 0 Å². The smallest absolute Gasteiger partial charge is 0.146 e. The van der Waals surface area contributed by atoms with Crippen LogP contribution in [0.3, 0.4) is 0 Å². The van der Waals surface area contributed by atoms with E-state index in [0.717, 1.165) is 17.0 Å². The van der Waals surface area contributed by atoms with Crippen LogP contribution in [0, 0.1) is 25.2 Å². The number of aryl methyl sites for hydroxylation is 2. The van der Waals surface area contributed by atoms with E-state index in [1.165, 1.54) is 0 Å². The van der Waals surface area contributed by atoms with Gasteiger partial charge in [-0.25, -0.2) is 4.98 Å². The Morgan fingerprint density at radius 2 is 2.05 bits per heavy atom. The van der Waals surface area contributed by atoms with Gasteiger partial charge in [0.25, 0.3) is 0 Å². The summed E-state index contributed by atoms with van der Waals surface area (Å²) in [6.45, 7) is 4.52. The fourth-order valence-corrected chi connectivity index (χ4v) is 1.98. The molecule has 0 aliphatic heterocycles. The lowest BCUT2D eigenvalue weighted by Crippen LogP contribution is -2.20. The number of pyridine rings is 2. The predicted octanol–water partition coefficient (Wildman–Crippen LogP) is 2.60. The van der Waals surface area contributed by atoms with Crippen LogP contribution >= 0.6 is 0 Å². The van der Waals surface area contributed by atoms with Crippen molar-refractivity contribution < 1.29 is 0 Å². The van der Waals surface area contributed by atoms with E-state index in [1.54, 1.807) is 6.20 Å². The first-order valence-electron chi connectivity index (χ1n) is 6.11. The zero-order chi connectivity index (χ0) is 13.8. The number of aromatic nitrogens is 2. The maximum absolute atomic E-state index is 9.23. The minimum absolute atomic E-state index is 0.623. The summed E-state index contributed by atoms with van der Waals surface area (Å²) in [5.74, 6) is 0.700. The van der Waals surface area contributed by atoms with E-state index in [-0.39, 0.29) is 0 Å². The van der Waals surface area contributed by atoms with Crippen molar-refractivity contribution in [1.82, 2.24) is 9.97 Å². The number of anilines is 1. The molecule has 2 rings (SSSR count). The maximum atomic E-state index is 9.23. The summed E-state index contributed by atoms with van der Waals surface area (Å²) >= 11 is 0. The highest BCUT2D eigenvalue weighted by molar-refractivity contribution is 5.56. The molecule has 2 aromatic rings. The van der Waals surface area contributed by atoms with Crippen molar-refractivity contribution >= 4 is 5.82 Å². The molecule has 0 atom stereocenters. The van der Waals surface area contributed by atoms with Crippen molar-refractivity contribution in [2.45, 2.75) is 20.4 Å². The second kappa shape index (κ2) is 5.49. The van der Waals surface area contributed by atoms with Gasteiger partial charge in [-0.3, -0.25) is 4.98 Å². The minimum atomic E-state index is 0.623. The quantitative estimate of drug-likeness (QED) is 0.842. The van der Waals surface area contributed by atoms with Crippen molar-refractivity contribution in [3.05, 3.63) is 53.0 Å². The normalized spacial score (nSPS) is 10.0. The molecule has 0 unspecified atom stereocenters. The molecule has 0 amide bonds. The van der Waals surface area contributed by atoms with Gasteiger partial charge in [0.15, 0.2) is 0 Å². The van der Waals surface area contributed by atoms with Gasteiger partial charge in [0.2, 0.25) is 0 Å². The van der Waals surface area contributed by atoms with Crippen LogP contribution in [0.2, 0.25) is 0 Å². The SMILES string of the molecule is Cc1cccc(CN(C)c2nccc(C)c2C#N)n1. The Kier molecular flexibility index (Phi) is 3.76. The van der Waals surface area contributed by atoms with Crippen molar-refractivity contribution in [3.63, 3.8) is 0 Å². The summed E-state index contributed by atoms with van der Waals surface area (Å²) < 4.78 is 0. The highest BCUT2D eigenvalue weighted by Crippen LogP contribution is 2.20. The fourth-order valence-electron chi connectivity index (χ4n) is 1.98. The van der Waals surface area contributed by atoms with Crippen LogP contribution in [0.5, 0.6) is 0 Å². The molecular formula is C15H16N4. The topological polar surface area (TPSA) is 52.8 Å². The summed E-state index contributed by atoms with van der Waals surface area (Å²) in [4.78, 5) is 10.7. The Bertz CT molecular complexity index is 628. The first-order valence-corrected chi connectivity index (χ1v) is 6.11. The van der Waals surface area contributed by atoms with Crippen molar-refractivity contribution in [2.75, 3.05) is 11.9 Å². The van der Waals surface area contributed by atoms with E-state index < -0.39 is 0 Å². The minimum Gasteiger partial charge on any atom is -0.353 e. The van der Waals surface area contributed by atoms with Crippen molar-refractivity contribution in [2.24, 2.45) is 0 Å². The molecule has 96 valence electrons. The second-order valence-corrected chi connectivity index (χ2v) is 4.56. The third-order valence-corrected chi connectivity index (χ3v) is 2.96. The van der Waals surface area contributed by atoms with Crippen molar-refractivity contribution in [1.29, 1.82) is 5.26 Å². The van der Waals surface area contributed by atoms with Crippen LogP contribution < -0.4 is 4.90 Å². The molecular weight excluding hydrogens is 236 g/mol. The third kappa shape index (κ3) is 2.89. The van der Waals surface area contributed by atoms with Gasteiger partial charge in [0, 0.05) is 18.9 Å². The molecule has 0 aliphatic rings. The van der Waals surface area contributed by atoms with E-state index in [1.807, 2.05) is 50.1 Å². The molecule has 2 aromatic heterocycles. The van der Waals surface area contributed by atoms with Gasteiger partial charge < -0.3 is 4.90 Å². The summed E-state index contributed by atoms with van der Waals surface area (Å²) in [7, 11) is 1.92. The average molecular weight is 252 g/mol. The zero-order valence-corrected chi connectivity index (χ0v) is 11.4. The molecule has 0 radical (unpaired) electrons. The van der Waals surface area contributed by atoms with Gasteiger partial charge in [-0.1, -0.05) is 6.07 Å². The second-order valence-electron chi connectivity index (χ2n) is 4.56. The third-order valence-electron chi connectivity index (χ3n) is 2.96. The lowest BCUT2D eigenvalue weighted by molar-refractivity contribution is 0.856. The summed E-state index contributed by atoms with van der Waals surface area (Å²) in [5, 5.41) is 9.23. The number of hydrogen-bond donors (Lipinski definition) is 0. The number of nitriles is 1. The first-order chi connectivity index (χ1) is 9.11. The number of nitrogens with zero attached hydrogens (tertiary/aromatic N) is 4. The van der Waals surface area contributed by atoms with Gasteiger partial charge in [0.1, 0.15) is 11.9 Å². The molecule has 0 aliphatic carbocycles. The largest absolute Gasteiger partial charge is 0.353 e. The molecule has 0 bridgehead atoms. The number of hydrogen-bond acceptors (Lipinski definition) is 4. The molecule has 0 N–H and O–H groups in total. The molecule has 4 nitrogen and oxygen atoms in total. The van der Waals surface area contributed by atoms with E-state index in [2.05, 4.69) is 16.0 Å². The van der Waals surface area contributed by atoms with E-state index in [9.17, 15) is 5.26 Å². The molecule has 19 heavy (non-hydrogen) atoms. The Morgan fingerprint density at radius 3 is 2.74 bits per heavy atom. The van der Waals surface area contributed by atoms with Crippen LogP contribution in [0.4, 0.5) is 5.82 Å². The van der Waals surface area contributed by atoms with Crippen LogP contribution in [0.1, 0.15) is 22.5 Å². The monoisotopic (exact) mass is 252 g/mol. The van der Waals surface area contributed by atoms with Crippen LogP contribution in [-0.4, -0.2) is 17.0 Å². The summed E-state index contributed by atoms with van der Waals surface area (Å²) in [5.41, 5.74) is 3.52. The van der Waals surface area contributed by atoms with Gasteiger partial charge >= 0.3 is 0 Å². The van der Waals surface area contributed by atoms with Crippen LogP contribution in [0.25, 0.3) is 0 Å². The Balaban J connectivity index is 2.28. The summed E-state index contributed by atoms with van der Waals surface area (Å²) in [6.07, 6.45) is 1.73. The molecule has 0 saturated heterocycles. The Labute approximate surface area is 113 Å². The van der Waals surface area contributed by atoms with Crippen molar-refractivity contribution in [3.8, 4) is 6.07 Å². The first kappa shape index (κ1) is 13.0. The highest BCUT2D eigenvalue weighted by Gasteiger charge is 2.11. The van der Waals surface area contributed by atoms with Crippen LogP contribution in [0.15, 0.2) is 30.5 Å². The van der Waals surface area contributed by atoms with E-state index in [0.29, 0.717) is 17.9 Å². The Hall–Kier alpha value is -2.41. The molecule has 0 spiro atoms. The van der Waals surface area contributed by atoms with Gasteiger partial charge in [-0.05, 0) is 37.6 Å². The molecule has 0 saturated carbocycles. The molecule has 2 heterocycles. The Morgan fingerprint density at radius 1 is 1.26 bits per heavy atom. The van der Waals surface area contributed by atoms with Gasteiger partial charge in [0.05, 0.1) is 17.8 Å². The highest BCUT2D eigenvalue weighted by atomic mass is 15.2. The fraction of sp³-hybridized carbons (Fsp3) is 0.267. The van der Waals surface area contributed by atoms with Crippen LogP contribution in [-0.2, 0) is 6.54 Å². The average Bonchev–Trinajstić information content (AvgIpc) is 2.38. The standard InChI is InChI=1S/C15H16N4/c1-11-7-8-17-15(14(11)9-16)19(3)10-13-6-4-5-12(2)18-13/h4-8H,10H2,1-3H3. The van der Waals surface area contributed by atoms with Gasteiger partial charge in [-0.2, -0.15) is 5.26 Å². The summed E-state index contributed by atoms with van der Waals surface area (Å²) in [6, 6.07) is 10.00. The molecule has 4 heteroatoms. The maximum Gasteiger partial charge on any atom is 0.146 e. The zero-order valence-electron chi connectivity index (χ0n) is 11.4. The van der Waals surface area contributed by atoms with E-state index >= 15 is 0 Å². The number of rotatable bonds is 3. The van der Waals surface area contributed by atoms with E-state index in [4.69, 9.17) is 0 Å². The predicted molar refractivity (Wildman–Crippen MR) is 74.8 cm³/mol. The lowest BCUT2D eigenvalue weighted by atomic mass is 10.1.